The number of hydrogen-bond acceptors (Lipinski definition) is 4. The molecule has 2 saturated heterocycles. The lowest BCUT2D eigenvalue weighted by Crippen LogP contribution is -2.34. The number of aliphatic hydroxyl groups excluding tert-OH is 1. The summed E-state index contributed by atoms with van der Waals surface area (Å²) in [5.74, 6) is 0.156. The molecule has 27 heavy (non-hydrogen) atoms. The lowest BCUT2D eigenvalue weighted by molar-refractivity contribution is -0.132. The van der Waals surface area contributed by atoms with E-state index in [0.717, 1.165) is 29.6 Å². The Morgan fingerprint density at radius 2 is 2.04 bits per heavy atom. The van der Waals surface area contributed by atoms with Crippen LogP contribution in [0, 0.1) is 5.92 Å². The van der Waals surface area contributed by atoms with Gasteiger partial charge in [-0.3, -0.25) is 14.6 Å². The number of benzene rings is 1. The number of nitrogens with zero attached hydrogens (tertiary/aromatic N) is 3. The maximum Gasteiger partial charge on any atom is 0.224 e. The van der Waals surface area contributed by atoms with Crippen molar-refractivity contribution in [3.63, 3.8) is 0 Å². The van der Waals surface area contributed by atoms with E-state index in [9.17, 15) is 14.7 Å². The van der Waals surface area contributed by atoms with Gasteiger partial charge in [-0.2, -0.15) is 0 Å². The highest BCUT2D eigenvalue weighted by Gasteiger charge is 2.34. The number of para-hydroxylation sites is 1. The van der Waals surface area contributed by atoms with E-state index in [1.807, 2.05) is 30.3 Å². The summed E-state index contributed by atoms with van der Waals surface area (Å²) in [5.41, 5.74) is 1.89. The number of likely N-dealkylation sites (tertiary alicyclic amines) is 2. The fraction of sp³-hybridized carbons (Fsp3) is 0.476. The fourth-order valence-electron chi connectivity index (χ4n) is 4.08. The van der Waals surface area contributed by atoms with Gasteiger partial charge < -0.3 is 14.9 Å². The Morgan fingerprint density at radius 1 is 1.19 bits per heavy atom. The molecule has 6 heteroatoms. The van der Waals surface area contributed by atoms with Crippen LogP contribution in [0.1, 0.15) is 25.0 Å². The molecule has 0 spiro atoms. The first kappa shape index (κ1) is 17.9. The predicted octanol–water partition coefficient (Wildman–Crippen LogP) is 1.61. The zero-order valence-electron chi connectivity index (χ0n) is 15.4. The summed E-state index contributed by atoms with van der Waals surface area (Å²) in [6.45, 7) is 2.15. The first-order valence-electron chi connectivity index (χ1n) is 9.68. The van der Waals surface area contributed by atoms with Crippen LogP contribution < -0.4 is 0 Å². The van der Waals surface area contributed by atoms with Gasteiger partial charge in [0.05, 0.1) is 11.6 Å². The first-order chi connectivity index (χ1) is 13.1. The summed E-state index contributed by atoms with van der Waals surface area (Å²) in [5, 5.41) is 11.5. The third kappa shape index (κ3) is 3.95. The molecule has 4 rings (SSSR count). The Hall–Kier alpha value is -2.47. The third-order valence-electron chi connectivity index (χ3n) is 5.65. The van der Waals surface area contributed by atoms with Gasteiger partial charge in [0.2, 0.25) is 11.8 Å². The van der Waals surface area contributed by atoms with Crippen LogP contribution in [-0.2, 0) is 16.0 Å². The minimum atomic E-state index is -0.532. The monoisotopic (exact) mass is 367 g/mol. The highest BCUT2D eigenvalue weighted by atomic mass is 16.3. The van der Waals surface area contributed by atoms with Crippen LogP contribution in [0.25, 0.3) is 10.9 Å². The van der Waals surface area contributed by atoms with E-state index in [0.29, 0.717) is 38.9 Å². The highest BCUT2D eigenvalue weighted by Crippen LogP contribution is 2.23. The number of β-amino-alcohol motifs (C(OH)–C–C–N with tert-alkyl or cyclic N) is 1. The molecular weight excluding hydrogens is 342 g/mol. The summed E-state index contributed by atoms with van der Waals surface area (Å²) in [7, 11) is 0. The highest BCUT2D eigenvalue weighted by molar-refractivity contribution is 5.80. The number of amides is 2. The van der Waals surface area contributed by atoms with Crippen molar-refractivity contribution in [1.29, 1.82) is 0 Å². The first-order valence-corrected chi connectivity index (χ1v) is 9.68. The second-order valence-electron chi connectivity index (χ2n) is 7.56. The predicted molar refractivity (Wildman–Crippen MR) is 102 cm³/mol. The van der Waals surface area contributed by atoms with Crippen molar-refractivity contribution < 1.29 is 14.7 Å². The topological polar surface area (TPSA) is 73.7 Å². The van der Waals surface area contributed by atoms with Crippen LogP contribution in [0.3, 0.4) is 0 Å². The second-order valence-corrected chi connectivity index (χ2v) is 7.56. The number of rotatable bonds is 5. The lowest BCUT2D eigenvalue weighted by atomic mass is 9.99. The van der Waals surface area contributed by atoms with Crippen molar-refractivity contribution in [2.24, 2.45) is 5.92 Å². The van der Waals surface area contributed by atoms with Crippen LogP contribution in [-0.4, -0.2) is 64.0 Å². The van der Waals surface area contributed by atoms with E-state index in [1.165, 1.54) is 0 Å². The molecule has 2 amide bonds. The number of carbonyl (C=O) groups excluding carboxylic acids is 2. The van der Waals surface area contributed by atoms with Crippen LogP contribution in [0.2, 0.25) is 0 Å². The van der Waals surface area contributed by atoms with Gasteiger partial charge >= 0.3 is 0 Å². The summed E-state index contributed by atoms with van der Waals surface area (Å²) in [6, 6.07) is 12.0. The molecule has 0 unspecified atom stereocenters. The largest absolute Gasteiger partial charge is 0.391 e. The molecule has 0 bridgehead atoms. The number of aliphatic hydroxyl groups is 1. The van der Waals surface area contributed by atoms with Crippen molar-refractivity contribution in [2.45, 2.75) is 31.8 Å². The quantitative estimate of drug-likeness (QED) is 0.871. The van der Waals surface area contributed by atoms with Gasteiger partial charge in [-0.25, -0.2) is 0 Å². The second kappa shape index (κ2) is 7.64. The van der Waals surface area contributed by atoms with Crippen LogP contribution in [0.5, 0.6) is 0 Å². The van der Waals surface area contributed by atoms with Gasteiger partial charge in [-0.15, -0.1) is 0 Å². The molecule has 142 valence electrons. The Bertz CT molecular complexity index is 853. The van der Waals surface area contributed by atoms with Crippen molar-refractivity contribution in [1.82, 2.24) is 14.8 Å². The fourth-order valence-corrected chi connectivity index (χ4v) is 4.08. The number of hydrogen-bond donors (Lipinski definition) is 1. The molecule has 2 aliphatic heterocycles. The number of carbonyl (C=O) groups is 2. The van der Waals surface area contributed by atoms with E-state index in [-0.39, 0.29) is 17.7 Å². The molecule has 0 aliphatic carbocycles. The summed E-state index contributed by atoms with van der Waals surface area (Å²) in [6.07, 6.45) is 1.93. The standard InChI is InChI=1S/C21H25N3O3/c25-19-14-24(21(27)9-11-23-10-3-6-20(23)26)13-16(19)12-17-8-7-15-4-1-2-5-18(15)22-17/h1-2,4-5,7-8,16,19,25H,3,6,9-14H2/t16-,19-/m1/s1. The number of fused-ring (bicyclic) bond motifs is 1. The Labute approximate surface area is 158 Å². The molecule has 6 nitrogen and oxygen atoms in total. The molecule has 3 heterocycles. The maximum atomic E-state index is 12.5. The Balaban J connectivity index is 1.34. The maximum absolute atomic E-state index is 12.5. The average molecular weight is 367 g/mol. The zero-order valence-corrected chi connectivity index (χ0v) is 15.4. The van der Waals surface area contributed by atoms with Gasteiger partial charge in [0, 0.05) is 56.0 Å². The lowest BCUT2D eigenvalue weighted by Gasteiger charge is -2.19. The Morgan fingerprint density at radius 3 is 2.85 bits per heavy atom. The van der Waals surface area contributed by atoms with Gasteiger partial charge in [-0.05, 0) is 25.0 Å². The van der Waals surface area contributed by atoms with Crippen LogP contribution >= 0.6 is 0 Å². The summed E-state index contributed by atoms with van der Waals surface area (Å²) < 4.78 is 0. The molecule has 2 atom stereocenters. The van der Waals surface area contributed by atoms with Crippen molar-refractivity contribution in [3.8, 4) is 0 Å². The number of aromatic nitrogens is 1. The van der Waals surface area contributed by atoms with Gasteiger partial charge in [0.1, 0.15) is 0 Å². The van der Waals surface area contributed by atoms with E-state index < -0.39 is 6.10 Å². The molecule has 1 aromatic heterocycles. The molecule has 2 aliphatic rings. The SMILES string of the molecule is O=C1CCCN1CCC(=O)N1C[C@@H](Cc2ccc3ccccc3n2)[C@H](O)C1. The van der Waals surface area contributed by atoms with Crippen molar-refractivity contribution >= 4 is 22.7 Å². The molecule has 2 fully saturated rings. The molecule has 0 saturated carbocycles. The van der Waals surface area contributed by atoms with Gasteiger partial charge in [0.15, 0.2) is 0 Å². The number of pyridine rings is 1. The average Bonchev–Trinajstić information content (AvgIpc) is 3.25. The van der Waals surface area contributed by atoms with Gasteiger partial charge in [0.25, 0.3) is 0 Å². The van der Waals surface area contributed by atoms with Crippen molar-refractivity contribution in [3.05, 3.63) is 42.1 Å². The van der Waals surface area contributed by atoms with E-state index >= 15 is 0 Å². The summed E-state index contributed by atoms with van der Waals surface area (Å²) in [4.78, 5) is 32.3. The molecule has 0 radical (unpaired) electrons. The molecule has 1 aromatic carbocycles. The van der Waals surface area contributed by atoms with E-state index in [1.54, 1.807) is 9.80 Å². The van der Waals surface area contributed by atoms with Crippen LogP contribution in [0.4, 0.5) is 0 Å². The Kier molecular flexibility index (Phi) is 5.07. The minimum Gasteiger partial charge on any atom is -0.391 e. The molecular formula is C21H25N3O3. The third-order valence-corrected chi connectivity index (χ3v) is 5.65. The smallest absolute Gasteiger partial charge is 0.224 e. The van der Waals surface area contributed by atoms with Crippen molar-refractivity contribution in [2.75, 3.05) is 26.2 Å². The van der Waals surface area contributed by atoms with Crippen LogP contribution in [0.15, 0.2) is 36.4 Å². The van der Waals surface area contributed by atoms with E-state index in [2.05, 4.69) is 11.1 Å². The van der Waals surface area contributed by atoms with E-state index in [4.69, 9.17) is 0 Å². The normalized spacial score (nSPS) is 22.8. The van der Waals surface area contributed by atoms with Gasteiger partial charge in [-0.1, -0.05) is 24.3 Å². The molecule has 1 N–H and O–H groups in total. The summed E-state index contributed by atoms with van der Waals surface area (Å²) >= 11 is 0. The minimum absolute atomic E-state index is 0.00368. The molecule has 2 aromatic rings. The zero-order chi connectivity index (χ0) is 18.8.